The number of amides is 2. The molecule has 0 spiro atoms. The van der Waals surface area contributed by atoms with Crippen molar-refractivity contribution in [2.45, 2.75) is 105 Å². The number of benzene rings is 2. The third-order valence-electron chi connectivity index (χ3n) is 7.62. The lowest BCUT2D eigenvalue weighted by Crippen LogP contribution is -2.42. The topological polar surface area (TPSA) is 151 Å². The molecule has 0 aromatic heterocycles. The summed E-state index contributed by atoms with van der Waals surface area (Å²) in [6.07, 6.45) is 2.51. The second-order valence-electron chi connectivity index (χ2n) is 13.5. The van der Waals surface area contributed by atoms with Gasteiger partial charge in [0.15, 0.2) is 0 Å². The zero-order valence-corrected chi connectivity index (χ0v) is 28.7. The number of nitrogens with one attached hydrogen (secondary N) is 2. The normalized spacial score (nSPS) is 11.6. The Morgan fingerprint density at radius 1 is 0.630 bits per heavy atom. The maximum Gasteiger partial charge on any atom is 0.309 e. The molecule has 2 aromatic rings. The molecule has 0 fully saturated rings. The minimum atomic E-state index is -0.887. The first-order chi connectivity index (χ1) is 21.5. The molecule has 46 heavy (non-hydrogen) atoms. The molecule has 0 saturated carbocycles. The second kappa shape index (κ2) is 17.0. The van der Waals surface area contributed by atoms with Crippen molar-refractivity contribution in [1.29, 1.82) is 0 Å². The van der Waals surface area contributed by atoms with Crippen LogP contribution in [-0.2, 0) is 65.2 Å². The van der Waals surface area contributed by atoms with Gasteiger partial charge in [-0.3, -0.25) is 19.2 Å². The summed E-state index contributed by atoms with van der Waals surface area (Å²) in [5.41, 5.74) is 4.71. The van der Waals surface area contributed by atoms with E-state index >= 15 is 0 Å². The molecule has 2 amide bonds. The molecule has 0 aliphatic rings. The predicted octanol–water partition coefficient (Wildman–Crippen LogP) is 4.70. The summed E-state index contributed by atoms with van der Waals surface area (Å²) in [6.45, 7) is 15.8. The van der Waals surface area contributed by atoms with Crippen LogP contribution in [-0.4, -0.2) is 60.3 Å². The number of rotatable bonds is 14. The van der Waals surface area contributed by atoms with Gasteiger partial charge in [0.05, 0.1) is 13.1 Å². The number of aryl methyl sites for hydroxylation is 4. The van der Waals surface area contributed by atoms with Crippen molar-refractivity contribution in [3.63, 3.8) is 0 Å². The quantitative estimate of drug-likeness (QED) is 0.132. The van der Waals surface area contributed by atoms with E-state index in [0.717, 1.165) is 33.4 Å². The van der Waals surface area contributed by atoms with Crippen molar-refractivity contribution < 1.29 is 38.9 Å². The monoisotopic (exact) mass is 640 g/mol. The van der Waals surface area contributed by atoms with E-state index in [4.69, 9.17) is 9.47 Å². The van der Waals surface area contributed by atoms with Gasteiger partial charge in [-0.1, -0.05) is 79.7 Å². The van der Waals surface area contributed by atoms with Crippen LogP contribution in [0.15, 0.2) is 24.3 Å². The van der Waals surface area contributed by atoms with Gasteiger partial charge in [0.25, 0.3) is 0 Å². The van der Waals surface area contributed by atoms with E-state index < -0.39 is 23.8 Å². The number of ether oxygens (including phenoxy) is 2. The van der Waals surface area contributed by atoms with Gasteiger partial charge in [0.2, 0.25) is 0 Å². The van der Waals surface area contributed by atoms with Gasteiger partial charge in [-0.25, -0.2) is 0 Å². The molecular weight excluding hydrogens is 588 g/mol. The van der Waals surface area contributed by atoms with Crippen LogP contribution in [0.5, 0.6) is 11.5 Å². The maximum atomic E-state index is 12.2. The highest BCUT2D eigenvalue weighted by Gasteiger charge is 2.22. The molecule has 0 saturated heterocycles. The standard InChI is InChI=1S/C36H52N2O8/c1-9-25-19-23(21-27(31(25)41)35(3,4)5)11-13-29(39)45-17-15-37-33(43)34(44)38-16-18-46-30(40)14-12-24-20-26(10-2)32(42)28(22-24)36(6,7)8/h19-22,41-42H,9-18H2,1-8H3,(H,37,43)(H,38,44). The third kappa shape index (κ3) is 11.7. The number of carbonyl (C=O) groups is 4. The van der Waals surface area contributed by atoms with Crippen LogP contribution in [0.4, 0.5) is 0 Å². The highest BCUT2D eigenvalue weighted by atomic mass is 16.5. The molecule has 0 bridgehead atoms. The van der Waals surface area contributed by atoms with E-state index in [1.165, 1.54) is 0 Å². The Hall–Kier alpha value is -4.08. The fourth-order valence-electron chi connectivity index (χ4n) is 4.95. The second-order valence-corrected chi connectivity index (χ2v) is 13.5. The fraction of sp³-hybridized carbons (Fsp3) is 0.556. The average molecular weight is 641 g/mol. The number of esters is 2. The summed E-state index contributed by atoms with van der Waals surface area (Å²) in [6, 6.07) is 7.64. The molecule has 0 unspecified atom stereocenters. The molecular formula is C36H52N2O8. The number of phenolic OH excluding ortho intramolecular Hbond substituents is 2. The zero-order chi connectivity index (χ0) is 34.7. The number of hydrogen-bond donors (Lipinski definition) is 4. The molecule has 254 valence electrons. The minimum absolute atomic E-state index is 0.0335. The minimum Gasteiger partial charge on any atom is -0.507 e. The molecule has 10 nitrogen and oxygen atoms in total. The van der Waals surface area contributed by atoms with Crippen LogP contribution in [0, 0.1) is 0 Å². The van der Waals surface area contributed by atoms with E-state index in [-0.39, 0.29) is 50.0 Å². The molecule has 0 heterocycles. The van der Waals surface area contributed by atoms with Crippen LogP contribution in [0.25, 0.3) is 0 Å². The highest BCUT2D eigenvalue weighted by Crippen LogP contribution is 2.36. The van der Waals surface area contributed by atoms with E-state index in [9.17, 15) is 29.4 Å². The first kappa shape index (κ1) is 38.1. The van der Waals surface area contributed by atoms with Crippen molar-refractivity contribution >= 4 is 23.8 Å². The predicted molar refractivity (Wildman–Crippen MR) is 177 cm³/mol. The van der Waals surface area contributed by atoms with E-state index in [2.05, 4.69) is 10.6 Å². The first-order valence-corrected chi connectivity index (χ1v) is 16.1. The SMILES string of the molecule is CCc1cc(CCC(=O)OCCNC(=O)C(=O)NCCOC(=O)CCc2cc(CC)c(O)c(C(C)(C)C)c2)cc(C(C)(C)C)c1O. The van der Waals surface area contributed by atoms with Crippen molar-refractivity contribution in [2.24, 2.45) is 0 Å². The van der Waals surface area contributed by atoms with Crippen LogP contribution >= 0.6 is 0 Å². The van der Waals surface area contributed by atoms with E-state index in [0.29, 0.717) is 37.2 Å². The highest BCUT2D eigenvalue weighted by molar-refractivity contribution is 6.35. The largest absolute Gasteiger partial charge is 0.507 e. The molecule has 10 heteroatoms. The van der Waals surface area contributed by atoms with Gasteiger partial charge in [0, 0.05) is 12.8 Å². The van der Waals surface area contributed by atoms with Crippen molar-refractivity contribution in [2.75, 3.05) is 26.3 Å². The molecule has 2 aromatic carbocycles. The van der Waals surface area contributed by atoms with Gasteiger partial charge >= 0.3 is 23.8 Å². The van der Waals surface area contributed by atoms with Gasteiger partial charge in [-0.2, -0.15) is 0 Å². The van der Waals surface area contributed by atoms with Gasteiger partial charge in [0.1, 0.15) is 24.7 Å². The van der Waals surface area contributed by atoms with E-state index in [1.807, 2.05) is 79.7 Å². The van der Waals surface area contributed by atoms with Gasteiger partial charge in [-0.15, -0.1) is 0 Å². The summed E-state index contributed by atoms with van der Waals surface area (Å²) in [7, 11) is 0. The third-order valence-corrected chi connectivity index (χ3v) is 7.62. The smallest absolute Gasteiger partial charge is 0.309 e. The summed E-state index contributed by atoms with van der Waals surface area (Å²) in [5, 5.41) is 25.9. The molecule has 0 atom stereocenters. The van der Waals surface area contributed by atoms with Crippen LogP contribution < -0.4 is 10.6 Å². The molecule has 0 aliphatic heterocycles. The molecule has 0 radical (unpaired) electrons. The number of phenols is 2. The van der Waals surface area contributed by atoms with Crippen LogP contribution in [0.3, 0.4) is 0 Å². The summed E-state index contributed by atoms with van der Waals surface area (Å²) in [5.74, 6) is -2.05. The molecule has 4 N–H and O–H groups in total. The zero-order valence-electron chi connectivity index (χ0n) is 28.7. The summed E-state index contributed by atoms with van der Waals surface area (Å²) < 4.78 is 10.4. The molecule has 0 aliphatic carbocycles. The lowest BCUT2D eigenvalue weighted by Gasteiger charge is -2.23. The Balaban J connectivity index is 1.67. The Morgan fingerprint density at radius 3 is 1.28 bits per heavy atom. The lowest BCUT2D eigenvalue weighted by atomic mass is 9.83. The summed E-state index contributed by atoms with van der Waals surface area (Å²) in [4.78, 5) is 48.6. The maximum absolute atomic E-state index is 12.2. The Bertz CT molecular complexity index is 1280. The Labute approximate surface area is 273 Å². The molecule has 2 rings (SSSR count). The summed E-state index contributed by atoms with van der Waals surface area (Å²) >= 11 is 0. The average Bonchev–Trinajstić information content (AvgIpc) is 2.98. The lowest BCUT2D eigenvalue weighted by molar-refractivity contribution is -0.145. The van der Waals surface area contributed by atoms with Crippen molar-refractivity contribution in [3.05, 3.63) is 57.6 Å². The van der Waals surface area contributed by atoms with Gasteiger partial charge in [-0.05, 0) is 69.9 Å². The van der Waals surface area contributed by atoms with Crippen molar-refractivity contribution in [1.82, 2.24) is 10.6 Å². The Morgan fingerprint density at radius 2 is 0.978 bits per heavy atom. The van der Waals surface area contributed by atoms with Crippen molar-refractivity contribution in [3.8, 4) is 11.5 Å². The number of hydrogen-bond acceptors (Lipinski definition) is 8. The number of aromatic hydroxyl groups is 2. The van der Waals surface area contributed by atoms with E-state index in [1.54, 1.807) is 0 Å². The van der Waals surface area contributed by atoms with Crippen LogP contribution in [0.1, 0.15) is 102 Å². The number of carbonyl (C=O) groups excluding carboxylic acids is 4. The Kier molecular flexibility index (Phi) is 14.1. The van der Waals surface area contributed by atoms with Crippen LogP contribution in [0.2, 0.25) is 0 Å². The fourth-order valence-corrected chi connectivity index (χ4v) is 4.95. The first-order valence-electron chi connectivity index (χ1n) is 16.1. The van der Waals surface area contributed by atoms with Gasteiger partial charge < -0.3 is 30.3 Å².